The van der Waals surface area contributed by atoms with Crippen LogP contribution in [0, 0.1) is 11.8 Å². The van der Waals surface area contributed by atoms with Gasteiger partial charge >= 0.3 is 0 Å². The third-order valence-electron chi connectivity index (χ3n) is 4.20. The fourth-order valence-corrected chi connectivity index (χ4v) is 3.29. The van der Waals surface area contributed by atoms with E-state index in [0.717, 1.165) is 32.1 Å². The molecule has 1 N–H and O–H groups in total. The summed E-state index contributed by atoms with van der Waals surface area (Å²) in [4.78, 5) is 12.1. The van der Waals surface area contributed by atoms with Crippen LogP contribution in [0.3, 0.4) is 0 Å². The van der Waals surface area contributed by atoms with E-state index in [-0.39, 0.29) is 5.92 Å². The highest BCUT2D eigenvalue weighted by molar-refractivity contribution is 6.20. The van der Waals surface area contributed by atoms with Gasteiger partial charge in [-0.05, 0) is 44.4 Å². The molecule has 2 nitrogen and oxygen atoms in total. The van der Waals surface area contributed by atoms with E-state index in [1.165, 1.54) is 12.8 Å². The van der Waals surface area contributed by atoms with E-state index in [2.05, 4.69) is 12.2 Å². The van der Waals surface area contributed by atoms with Crippen LogP contribution in [0.2, 0.25) is 0 Å². The van der Waals surface area contributed by atoms with Crippen molar-refractivity contribution < 1.29 is 4.79 Å². The number of hydrogen-bond acceptors (Lipinski definition) is 1. The Morgan fingerprint density at radius 2 is 1.81 bits per heavy atom. The number of rotatable bonds is 2. The predicted octanol–water partition coefficient (Wildman–Crippen LogP) is 3.09. The quantitative estimate of drug-likeness (QED) is 0.742. The number of alkyl halides is 1. The Bertz CT molecular complexity index is 248. The van der Waals surface area contributed by atoms with Gasteiger partial charge in [-0.25, -0.2) is 0 Å². The zero-order chi connectivity index (χ0) is 11.5. The van der Waals surface area contributed by atoms with Crippen molar-refractivity contribution in [1.82, 2.24) is 5.32 Å². The number of halogens is 1. The van der Waals surface area contributed by atoms with Gasteiger partial charge < -0.3 is 5.32 Å². The Morgan fingerprint density at radius 1 is 1.12 bits per heavy atom. The maximum atomic E-state index is 12.1. The second kappa shape index (κ2) is 5.39. The SMILES string of the molecule is CC1CCCC1C(=O)NC1CCC(Cl)CC1. The molecule has 92 valence electrons. The Balaban J connectivity index is 1.78. The molecule has 2 aliphatic carbocycles. The Morgan fingerprint density at radius 3 is 2.38 bits per heavy atom. The summed E-state index contributed by atoms with van der Waals surface area (Å²) in [6.45, 7) is 2.20. The zero-order valence-corrected chi connectivity index (χ0v) is 10.8. The molecule has 0 heterocycles. The third kappa shape index (κ3) is 2.91. The van der Waals surface area contributed by atoms with Crippen molar-refractivity contribution in [2.45, 2.75) is 63.3 Å². The van der Waals surface area contributed by atoms with Crippen LogP contribution < -0.4 is 5.32 Å². The van der Waals surface area contributed by atoms with E-state index in [9.17, 15) is 4.79 Å². The minimum absolute atomic E-state index is 0.272. The molecule has 0 bridgehead atoms. The molecule has 2 saturated carbocycles. The van der Waals surface area contributed by atoms with E-state index < -0.39 is 0 Å². The van der Waals surface area contributed by atoms with Gasteiger partial charge in [-0.2, -0.15) is 0 Å². The highest BCUT2D eigenvalue weighted by Crippen LogP contribution is 2.32. The van der Waals surface area contributed by atoms with Crippen molar-refractivity contribution in [2.75, 3.05) is 0 Å². The molecule has 2 aliphatic rings. The third-order valence-corrected chi connectivity index (χ3v) is 4.64. The summed E-state index contributed by atoms with van der Waals surface area (Å²) < 4.78 is 0. The van der Waals surface area contributed by atoms with Gasteiger partial charge in [-0.3, -0.25) is 4.79 Å². The number of hydrogen-bond donors (Lipinski definition) is 1. The van der Waals surface area contributed by atoms with Gasteiger partial charge in [0.1, 0.15) is 0 Å². The van der Waals surface area contributed by atoms with E-state index in [1.807, 2.05) is 0 Å². The monoisotopic (exact) mass is 243 g/mol. The number of carbonyl (C=O) groups is 1. The smallest absolute Gasteiger partial charge is 0.223 e. The summed E-state index contributed by atoms with van der Waals surface area (Å²) in [6.07, 6.45) is 7.72. The molecule has 3 heteroatoms. The minimum atomic E-state index is 0.272. The summed E-state index contributed by atoms with van der Waals surface area (Å²) in [5.74, 6) is 1.14. The van der Waals surface area contributed by atoms with E-state index in [1.54, 1.807) is 0 Å². The molecule has 0 radical (unpaired) electrons. The van der Waals surface area contributed by atoms with Crippen LogP contribution in [0.4, 0.5) is 0 Å². The Kier molecular flexibility index (Phi) is 4.12. The van der Waals surface area contributed by atoms with Crippen LogP contribution in [-0.2, 0) is 4.79 Å². The summed E-state index contributed by atoms with van der Waals surface area (Å²) in [5, 5.41) is 3.55. The molecule has 0 saturated heterocycles. The van der Waals surface area contributed by atoms with Crippen molar-refractivity contribution in [1.29, 1.82) is 0 Å². The highest BCUT2D eigenvalue weighted by atomic mass is 35.5. The van der Waals surface area contributed by atoms with Crippen molar-refractivity contribution in [2.24, 2.45) is 11.8 Å². The molecule has 1 amide bonds. The molecule has 2 unspecified atom stereocenters. The van der Waals surface area contributed by atoms with Gasteiger partial charge in [-0.1, -0.05) is 13.3 Å². The molecule has 0 spiro atoms. The second-order valence-corrected chi connectivity index (χ2v) is 6.09. The first-order valence-corrected chi connectivity index (χ1v) is 7.05. The lowest BCUT2D eigenvalue weighted by molar-refractivity contribution is -0.126. The largest absolute Gasteiger partial charge is 0.353 e. The molecule has 16 heavy (non-hydrogen) atoms. The zero-order valence-electron chi connectivity index (χ0n) is 10.0. The lowest BCUT2D eigenvalue weighted by Crippen LogP contribution is -2.41. The summed E-state index contributed by atoms with van der Waals surface area (Å²) in [7, 11) is 0. The van der Waals surface area contributed by atoms with Crippen molar-refractivity contribution in [3.63, 3.8) is 0 Å². The van der Waals surface area contributed by atoms with Crippen LogP contribution in [-0.4, -0.2) is 17.3 Å². The van der Waals surface area contributed by atoms with Crippen LogP contribution in [0.5, 0.6) is 0 Å². The maximum Gasteiger partial charge on any atom is 0.223 e. The average molecular weight is 244 g/mol. The van der Waals surface area contributed by atoms with Gasteiger partial charge in [-0.15, -0.1) is 11.6 Å². The van der Waals surface area contributed by atoms with Crippen molar-refractivity contribution in [3.8, 4) is 0 Å². The molecule has 0 aromatic heterocycles. The van der Waals surface area contributed by atoms with Gasteiger partial charge in [0.15, 0.2) is 0 Å². The topological polar surface area (TPSA) is 29.1 Å². The second-order valence-electron chi connectivity index (χ2n) is 5.47. The standard InChI is InChI=1S/C13H22ClNO/c1-9-3-2-4-12(9)13(16)15-11-7-5-10(14)6-8-11/h9-12H,2-8H2,1H3,(H,15,16). The van der Waals surface area contributed by atoms with Crippen LogP contribution in [0.25, 0.3) is 0 Å². The molecular weight excluding hydrogens is 222 g/mol. The number of nitrogens with one attached hydrogen (secondary N) is 1. The van der Waals surface area contributed by atoms with E-state index in [0.29, 0.717) is 23.2 Å². The summed E-state index contributed by atoms with van der Waals surface area (Å²) in [6, 6.07) is 0.385. The molecule has 0 aromatic carbocycles. The fourth-order valence-electron chi connectivity index (χ4n) is 3.04. The lowest BCUT2D eigenvalue weighted by atomic mass is 9.92. The molecule has 2 atom stereocenters. The normalized spacial score (nSPS) is 39.6. The van der Waals surface area contributed by atoms with Gasteiger partial charge in [0.25, 0.3) is 0 Å². The van der Waals surface area contributed by atoms with Gasteiger partial charge in [0.2, 0.25) is 5.91 Å². The molecule has 0 aromatic rings. The number of carbonyl (C=O) groups excluding carboxylic acids is 1. The Labute approximate surface area is 103 Å². The Hall–Kier alpha value is -0.240. The summed E-state index contributed by atoms with van der Waals surface area (Å²) in [5.41, 5.74) is 0. The summed E-state index contributed by atoms with van der Waals surface area (Å²) >= 11 is 6.06. The predicted molar refractivity (Wildman–Crippen MR) is 66.5 cm³/mol. The first-order chi connectivity index (χ1) is 7.66. The molecule has 2 rings (SSSR count). The highest BCUT2D eigenvalue weighted by Gasteiger charge is 2.31. The molecular formula is C13H22ClNO. The fraction of sp³-hybridized carbons (Fsp3) is 0.923. The van der Waals surface area contributed by atoms with Crippen LogP contribution in [0.1, 0.15) is 51.9 Å². The first kappa shape index (κ1) is 12.2. The lowest BCUT2D eigenvalue weighted by Gasteiger charge is -2.27. The van der Waals surface area contributed by atoms with E-state index in [4.69, 9.17) is 11.6 Å². The van der Waals surface area contributed by atoms with Crippen LogP contribution >= 0.6 is 11.6 Å². The maximum absolute atomic E-state index is 12.1. The van der Waals surface area contributed by atoms with Crippen LogP contribution in [0.15, 0.2) is 0 Å². The first-order valence-electron chi connectivity index (χ1n) is 6.61. The van der Waals surface area contributed by atoms with Gasteiger partial charge in [0.05, 0.1) is 0 Å². The van der Waals surface area contributed by atoms with Crippen molar-refractivity contribution in [3.05, 3.63) is 0 Å². The molecule has 0 aliphatic heterocycles. The minimum Gasteiger partial charge on any atom is -0.353 e. The van der Waals surface area contributed by atoms with Crippen molar-refractivity contribution >= 4 is 17.5 Å². The van der Waals surface area contributed by atoms with Gasteiger partial charge in [0, 0.05) is 17.3 Å². The van der Waals surface area contributed by atoms with E-state index >= 15 is 0 Å². The number of amides is 1. The average Bonchev–Trinajstić information content (AvgIpc) is 2.68. The molecule has 2 fully saturated rings.